The summed E-state index contributed by atoms with van der Waals surface area (Å²) in [4.78, 5) is 40.4. The zero-order chi connectivity index (χ0) is 19.9. The maximum absolute atomic E-state index is 13.5. The molecule has 0 saturated carbocycles. The smallest absolute Gasteiger partial charge is 0.341 e. The minimum atomic E-state index is -1.79. The minimum absolute atomic E-state index is 0.0631. The summed E-state index contributed by atoms with van der Waals surface area (Å²) in [6.45, 7) is 3.19. The Labute approximate surface area is 156 Å². The number of ether oxygens (including phenoxy) is 3. The molecule has 8 nitrogen and oxygen atoms in total. The summed E-state index contributed by atoms with van der Waals surface area (Å²) < 4.78 is 15.5. The summed E-state index contributed by atoms with van der Waals surface area (Å²) in [5.41, 5.74) is 4.90. The number of hydrogen-bond acceptors (Lipinski definition) is 7. The quantitative estimate of drug-likeness (QED) is 0.792. The Morgan fingerprint density at radius 3 is 2.52 bits per heavy atom. The van der Waals surface area contributed by atoms with Crippen molar-refractivity contribution in [2.24, 2.45) is 5.73 Å². The molecule has 1 aromatic rings. The summed E-state index contributed by atoms with van der Waals surface area (Å²) in [5.74, 6) is -2.33. The van der Waals surface area contributed by atoms with Crippen molar-refractivity contribution in [2.75, 3.05) is 25.7 Å². The van der Waals surface area contributed by atoms with Crippen LogP contribution in [-0.2, 0) is 34.0 Å². The standard InChI is InChI=1S/C19H20N2O6/c1-5-26-17(23)14-15(20)27-10(2)13(16(22)25-4)19(14)11-8-6-7-9-12(11)21(3)18(19)24/h6-9H,5,20H2,1-4H3. The van der Waals surface area contributed by atoms with Gasteiger partial charge in [-0.15, -0.1) is 0 Å². The topological polar surface area (TPSA) is 108 Å². The van der Waals surface area contributed by atoms with Gasteiger partial charge in [0.25, 0.3) is 0 Å². The number of para-hydroxylation sites is 1. The number of benzene rings is 1. The second-order valence-electron chi connectivity index (χ2n) is 6.12. The van der Waals surface area contributed by atoms with E-state index in [4.69, 9.17) is 19.9 Å². The van der Waals surface area contributed by atoms with E-state index in [1.807, 2.05) is 0 Å². The number of hydrogen-bond donors (Lipinski definition) is 1. The molecule has 0 saturated heterocycles. The molecule has 27 heavy (non-hydrogen) atoms. The minimum Gasteiger partial charge on any atom is -0.466 e. The molecule has 1 aromatic carbocycles. The second kappa shape index (κ2) is 6.46. The van der Waals surface area contributed by atoms with E-state index in [-0.39, 0.29) is 29.4 Å². The van der Waals surface area contributed by atoms with Gasteiger partial charge >= 0.3 is 11.9 Å². The highest BCUT2D eigenvalue weighted by atomic mass is 16.5. The summed E-state index contributed by atoms with van der Waals surface area (Å²) >= 11 is 0. The van der Waals surface area contributed by atoms with Gasteiger partial charge in [0.2, 0.25) is 11.8 Å². The molecular formula is C19H20N2O6. The van der Waals surface area contributed by atoms with Crippen molar-refractivity contribution >= 4 is 23.5 Å². The van der Waals surface area contributed by atoms with Gasteiger partial charge in [0.15, 0.2) is 0 Å². The first kappa shape index (κ1) is 18.5. The van der Waals surface area contributed by atoms with E-state index in [2.05, 4.69) is 0 Å². The van der Waals surface area contributed by atoms with Gasteiger partial charge in [-0.2, -0.15) is 0 Å². The van der Waals surface area contributed by atoms with Gasteiger partial charge in [0, 0.05) is 18.3 Å². The molecule has 0 aliphatic carbocycles. The number of nitrogens with zero attached hydrogens (tertiary/aromatic N) is 1. The van der Waals surface area contributed by atoms with Crippen molar-refractivity contribution in [1.82, 2.24) is 0 Å². The van der Waals surface area contributed by atoms with Gasteiger partial charge in [-0.3, -0.25) is 4.79 Å². The molecule has 1 atom stereocenters. The molecular weight excluding hydrogens is 352 g/mol. The van der Waals surface area contributed by atoms with Crippen LogP contribution in [0.15, 0.2) is 47.1 Å². The van der Waals surface area contributed by atoms with Crippen LogP contribution in [0.25, 0.3) is 0 Å². The van der Waals surface area contributed by atoms with Gasteiger partial charge in [-0.05, 0) is 19.9 Å². The summed E-state index contributed by atoms with van der Waals surface area (Å²) in [5, 5.41) is 0. The van der Waals surface area contributed by atoms with Crippen molar-refractivity contribution in [3.05, 3.63) is 52.6 Å². The van der Waals surface area contributed by atoms with E-state index < -0.39 is 23.3 Å². The number of fused-ring (bicyclic) bond motifs is 2. The zero-order valence-electron chi connectivity index (χ0n) is 15.5. The van der Waals surface area contributed by atoms with E-state index in [1.54, 1.807) is 38.2 Å². The van der Waals surface area contributed by atoms with E-state index in [9.17, 15) is 14.4 Å². The van der Waals surface area contributed by atoms with Crippen LogP contribution in [0.1, 0.15) is 19.4 Å². The maximum atomic E-state index is 13.5. The van der Waals surface area contributed by atoms with Gasteiger partial charge < -0.3 is 24.8 Å². The van der Waals surface area contributed by atoms with Gasteiger partial charge in [-0.1, -0.05) is 18.2 Å². The lowest BCUT2D eigenvalue weighted by Gasteiger charge is -2.35. The molecule has 1 amide bonds. The largest absolute Gasteiger partial charge is 0.466 e. The third kappa shape index (κ3) is 2.33. The number of likely N-dealkylation sites (N-methyl/N-ethyl adjacent to an activating group) is 1. The normalized spacial score (nSPS) is 21.3. The predicted octanol–water partition coefficient (Wildman–Crippen LogP) is 1.11. The Balaban J connectivity index is 2.44. The van der Waals surface area contributed by atoms with Crippen molar-refractivity contribution in [2.45, 2.75) is 19.3 Å². The van der Waals surface area contributed by atoms with Gasteiger partial charge in [-0.25, -0.2) is 9.59 Å². The number of amides is 1. The lowest BCUT2D eigenvalue weighted by Crippen LogP contribution is -2.50. The van der Waals surface area contributed by atoms with Crippen molar-refractivity contribution in [3.63, 3.8) is 0 Å². The van der Waals surface area contributed by atoms with E-state index in [0.29, 0.717) is 11.3 Å². The Hall–Kier alpha value is -3.29. The number of anilines is 1. The molecule has 2 aliphatic heterocycles. The molecule has 0 fully saturated rings. The van der Waals surface area contributed by atoms with Crippen LogP contribution in [0.3, 0.4) is 0 Å². The highest BCUT2D eigenvalue weighted by Gasteiger charge is 2.63. The Bertz CT molecular complexity index is 917. The first-order valence-electron chi connectivity index (χ1n) is 8.34. The van der Waals surface area contributed by atoms with E-state index in [0.717, 1.165) is 0 Å². The first-order valence-corrected chi connectivity index (χ1v) is 8.34. The molecule has 8 heteroatoms. The summed E-state index contributed by atoms with van der Waals surface area (Å²) in [6, 6.07) is 6.86. The Kier molecular flexibility index (Phi) is 4.43. The molecule has 0 bridgehead atoms. The molecule has 2 N–H and O–H groups in total. The van der Waals surface area contributed by atoms with Crippen molar-refractivity contribution in [3.8, 4) is 0 Å². The number of rotatable bonds is 3. The Morgan fingerprint density at radius 1 is 1.22 bits per heavy atom. The number of carbonyl (C=O) groups is 3. The fourth-order valence-electron chi connectivity index (χ4n) is 3.74. The molecule has 1 unspecified atom stereocenters. The molecule has 2 aliphatic rings. The summed E-state index contributed by atoms with van der Waals surface area (Å²) in [6.07, 6.45) is 0. The lowest BCUT2D eigenvalue weighted by atomic mass is 9.67. The fourth-order valence-corrected chi connectivity index (χ4v) is 3.74. The first-order chi connectivity index (χ1) is 12.8. The number of esters is 2. The average molecular weight is 372 g/mol. The van der Waals surface area contributed by atoms with Gasteiger partial charge in [0.05, 0.1) is 13.7 Å². The third-order valence-corrected chi connectivity index (χ3v) is 4.78. The summed E-state index contributed by atoms with van der Waals surface area (Å²) in [7, 11) is 2.76. The van der Waals surface area contributed by atoms with Gasteiger partial charge in [0.1, 0.15) is 22.3 Å². The highest BCUT2D eigenvalue weighted by molar-refractivity contribution is 6.22. The monoisotopic (exact) mass is 372 g/mol. The number of methoxy groups -OCH3 is 1. The van der Waals surface area contributed by atoms with Crippen LogP contribution in [0, 0.1) is 0 Å². The highest BCUT2D eigenvalue weighted by Crippen LogP contribution is 2.54. The number of allylic oxidation sites excluding steroid dienone is 1. The predicted molar refractivity (Wildman–Crippen MR) is 95.2 cm³/mol. The van der Waals surface area contributed by atoms with Crippen LogP contribution >= 0.6 is 0 Å². The van der Waals surface area contributed by atoms with Crippen LogP contribution < -0.4 is 10.6 Å². The van der Waals surface area contributed by atoms with E-state index in [1.165, 1.54) is 18.9 Å². The molecule has 142 valence electrons. The zero-order valence-corrected chi connectivity index (χ0v) is 15.5. The third-order valence-electron chi connectivity index (χ3n) is 4.78. The molecule has 1 spiro atoms. The van der Waals surface area contributed by atoms with Crippen LogP contribution in [-0.4, -0.2) is 38.6 Å². The lowest BCUT2D eigenvalue weighted by molar-refractivity contribution is -0.142. The van der Waals surface area contributed by atoms with Crippen LogP contribution in [0.2, 0.25) is 0 Å². The van der Waals surface area contributed by atoms with Crippen molar-refractivity contribution in [1.29, 1.82) is 0 Å². The molecule has 0 aromatic heterocycles. The number of nitrogens with two attached hydrogens (primary N) is 1. The fraction of sp³-hybridized carbons (Fsp3) is 0.316. The number of carbonyl (C=O) groups excluding carboxylic acids is 3. The molecule has 0 radical (unpaired) electrons. The van der Waals surface area contributed by atoms with Crippen LogP contribution in [0.5, 0.6) is 0 Å². The average Bonchev–Trinajstić information content (AvgIpc) is 2.84. The molecule has 3 rings (SSSR count). The molecule has 2 heterocycles. The second-order valence-corrected chi connectivity index (χ2v) is 6.12. The maximum Gasteiger partial charge on any atom is 0.341 e. The van der Waals surface area contributed by atoms with Crippen LogP contribution in [0.4, 0.5) is 5.69 Å². The van der Waals surface area contributed by atoms with Crippen molar-refractivity contribution < 1.29 is 28.6 Å². The SMILES string of the molecule is CCOC(=O)C1=C(N)OC(C)=C(C(=O)OC)C12C(=O)N(C)c1ccccc12. The van der Waals surface area contributed by atoms with E-state index >= 15 is 0 Å². The Morgan fingerprint density at radius 2 is 1.89 bits per heavy atom.